The number of hydrogen-bond donors (Lipinski definition) is 2. The third-order valence-corrected chi connectivity index (χ3v) is 6.42. The monoisotopic (exact) mass is 463 g/mol. The van der Waals surface area contributed by atoms with E-state index in [2.05, 4.69) is 5.32 Å². The molecule has 1 aliphatic carbocycles. The molecule has 4 rings (SSSR count). The number of piperidine rings is 1. The van der Waals surface area contributed by atoms with Gasteiger partial charge in [-0.1, -0.05) is 12.1 Å². The number of amides is 1. The van der Waals surface area contributed by atoms with Gasteiger partial charge in [0.1, 0.15) is 5.69 Å². The Hall–Kier alpha value is -3.14. The molecule has 10 heteroatoms. The number of aliphatic hydroxyl groups is 1. The number of anilines is 2. The molecular formula is C23H24F3N3O4. The molecule has 0 aromatic heterocycles. The maximum absolute atomic E-state index is 13.0. The third kappa shape index (κ3) is 4.95. The zero-order chi connectivity index (χ0) is 23.8. The summed E-state index contributed by atoms with van der Waals surface area (Å²) in [7, 11) is 0. The predicted octanol–water partition coefficient (Wildman–Crippen LogP) is 4.32. The van der Waals surface area contributed by atoms with Gasteiger partial charge in [0, 0.05) is 37.2 Å². The van der Waals surface area contributed by atoms with E-state index < -0.39 is 28.5 Å². The van der Waals surface area contributed by atoms with E-state index in [9.17, 15) is 33.2 Å². The van der Waals surface area contributed by atoms with Gasteiger partial charge in [0.2, 0.25) is 5.91 Å². The first-order valence-corrected chi connectivity index (χ1v) is 10.8. The minimum Gasteiger partial charge on any atom is -0.393 e. The number of fused-ring (bicyclic) bond motifs is 1. The van der Waals surface area contributed by atoms with Crippen LogP contribution in [-0.2, 0) is 23.8 Å². The summed E-state index contributed by atoms with van der Waals surface area (Å²) >= 11 is 0. The molecular weight excluding hydrogens is 439 g/mol. The van der Waals surface area contributed by atoms with Crippen molar-refractivity contribution in [2.45, 2.75) is 44.4 Å². The van der Waals surface area contributed by atoms with Crippen LogP contribution < -0.4 is 10.2 Å². The van der Waals surface area contributed by atoms with Crippen LogP contribution in [0, 0.1) is 16.0 Å². The Morgan fingerprint density at radius 1 is 1.15 bits per heavy atom. The van der Waals surface area contributed by atoms with E-state index in [1.807, 2.05) is 18.2 Å². The summed E-state index contributed by atoms with van der Waals surface area (Å²) < 4.78 is 38.9. The molecule has 176 valence electrons. The van der Waals surface area contributed by atoms with Crippen molar-refractivity contribution in [1.29, 1.82) is 0 Å². The van der Waals surface area contributed by atoms with Crippen molar-refractivity contribution in [2.75, 3.05) is 23.3 Å². The molecule has 1 atom stereocenters. The molecule has 1 fully saturated rings. The number of hydrogen-bond acceptors (Lipinski definition) is 5. The molecule has 1 heterocycles. The van der Waals surface area contributed by atoms with Gasteiger partial charge in [-0.05, 0) is 55.0 Å². The Labute approximate surface area is 188 Å². The number of nitro benzene ring substituents is 1. The van der Waals surface area contributed by atoms with E-state index in [1.165, 1.54) is 0 Å². The van der Waals surface area contributed by atoms with Crippen molar-refractivity contribution in [3.63, 3.8) is 0 Å². The Bertz CT molecular complexity index is 1070. The van der Waals surface area contributed by atoms with Crippen LogP contribution in [0.5, 0.6) is 0 Å². The van der Waals surface area contributed by atoms with Crippen molar-refractivity contribution in [1.82, 2.24) is 0 Å². The minimum atomic E-state index is -4.67. The first-order chi connectivity index (χ1) is 15.6. The quantitative estimate of drug-likeness (QED) is 0.520. The van der Waals surface area contributed by atoms with E-state index in [0.717, 1.165) is 29.7 Å². The van der Waals surface area contributed by atoms with Crippen LogP contribution >= 0.6 is 0 Å². The van der Waals surface area contributed by atoms with Crippen molar-refractivity contribution in [2.24, 2.45) is 5.92 Å². The normalized spacial score (nSPS) is 19.2. The lowest BCUT2D eigenvalue weighted by molar-refractivity contribution is -0.384. The smallest absolute Gasteiger partial charge is 0.393 e. The molecule has 0 saturated carbocycles. The average Bonchev–Trinajstić information content (AvgIpc) is 2.78. The van der Waals surface area contributed by atoms with Crippen LogP contribution in [0.15, 0.2) is 36.4 Å². The zero-order valence-electron chi connectivity index (χ0n) is 17.8. The number of rotatable bonds is 4. The van der Waals surface area contributed by atoms with Gasteiger partial charge in [-0.25, -0.2) is 0 Å². The van der Waals surface area contributed by atoms with Crippen LogP contribution in [0.3, 0.4) is 0 Å². The van der Waals surface area contributed by atoms with Crippen molar-refractivity contribution >= 4 is 23.0 Å². The summed E-state index contributed by atoms with van der Waals surface area (Å²) in [4.78, 5) is 25.1. The molecule has 2 aromatic carbocycles. The number of nitro groups is 1. The fourth-order valence-corrected chi connectivity index (χ4v) is 4.62. The summed E-state index contributed by atoms with van der Waals surface area (Å²) in [6.45, 7) is 0.631. The van der Waals surface area contributed by atoms with Crippen molar-refractivity contribution in [3.8, 4) is 0 Å². The molecule has 1 unspecified atom stereocenters. The number of aliphatic hydroxyl groups excluding tert-OH is 1. The fraction of sp³-hybridized carbons (Fsp3) is 0.435. The van der Waals surface area contributed by atoms with Gasteiger partial charge >= 0.3 is 6.18 Å². The summed E-state index contributed by atoms with van der Waals surface area (Å²) in [5.41, 5.74) is 1.21. The predicted molar refractivity (Wildman–Crippen MR) is 116 cm³/mol. The second kappa shape index (κ2) is 9.01. The Kier molecular flexibility index (Phi) is 6.29. The highest BCUT2D eigenvalue weighted by atomic mass is 19.4. The van der Waals surface area contributed by atoms with Crippen molar-refractivity contribution in [3.05, 3.63) is 63.2 Å². The summed E-state index contributed by atoms with van der Waals surface area (Å²) in [5.74, 6) is -0.482. The average molecular weight is 463 g/mol. The van der Waals surface area contributed by atoms with E-state index >= 15 is 0 Å². The SMILES string of the molecule is O=C(Nc1cccc2c1CC(O)CC2)C1CCN(c2ccc(C(F)(F)F)cc2[N+](=O)[O-])CC1. The Morgan fingerprint density at radius 2 is 1.88 bits per heavy atom. The number of nitrogens with zero attached hydrogens (tertiary/aromatic N) is 2. The highest BCUT2D eigenvalue weighted by Gasteiger charge is 2.35. The molecule has 33 heavy (non-hydrogen) atoms. The van der Waals surface area contributed by atoms with Crippen LogP contribution in [0.4, 0.5) is 30.2 Å². The molecule has 1 amide bonds. The number of benzene rings is 2. The number of nitrogens with one attached hydrogen (secondary N) is 1. The standard InChI is InChI=1S/C23H24F3N3O4/c24-23(25,26)16-5-7-20(21(12-16)29(32)33)28-10-8-15(9-11-28)22(31)27-19-3-1-2-14-4-6-17(30)13-18(14)19/h1-3,5,7,12,15,17,30H,4,6,8-11,13H2,(H,27,31). The largest absolute Gasteiger partial charge is 0.416 e. The molecule has 0 bridgehead atoms. The van der Waals surface area contributed by atoms with Gasteiger partial charge in [-0.15, -0.1) is 0 Å². The summed E-state index contributed by atoms with van der Waals surface area (Å²) in [6, 6.07) is 8.21. The highest BCUT2D eigenvalue weighted by Crippen LogP contribution is 2.38. The fourth-order valence-electron chi connectivity index (χ4n) is 4.62. The third-order valence-electron chi connectivity index (χ3n) is 6.42. The van der Waals surface area contributed by atoms with E-state index in [-0.39, 0.29) is 17.5 Å². The minimum absolute atomic E-state index is 0.123. The van der Waals surface area contributed by atoms with Crippen LogP contribution in [-0.4, -0.2) is 35.1 Å². The second-order valence-electron chi connectivity index (χ2n) is 8.55. The van der Waals surface area contributed by atoms with Crippen LogP contribution in [0.25, 0.3) is 0 Å². The molecule has 0 radical (unpaired) electrons. The molecule has 2 aromatic rings. The zero-order valence-corrected chi connectivity index (χ0v) is 17.8. The van der Waals surface area contributed by atoms with E-state index in [4.69, 9.17) is 0 Å². The Balaban J connectivity index is 1.44. The lowest BCUT2D eigenvalue weighted by atomic mass is 9.88. The number of carbonyl (C=O) groups excluding carboxylic acids is 1. The van der Waals surface area contributed by atoms with Gasteiger partial charge < -0.3 is 15.3 Å². The number of carbonyl (C=O) groups is 1. The highest BCUT2D eigenvalue weighted by molar-refractivity contribution is 5.93. The summed E-state index contributed by atoms with van der Waals surface area (Å²) in [6.07, 6.45) is -2.33. The topological polar surface area (TPSA) is 95.7 Å². The van der Waals surface area contributed by atoms with Crippen LogP contribution in [0.2, 0.25) is 0 Å². The molecule has 7 nitrogen and oxygen atoms in total. The first kappa shape index (κ1) is 23.0. The lowest BCUT2D eigenvalue weighted by Gasteiger charge is -2.33. The second-order valence-corrected chi connectivity index (χ2v) is 8.55. The van der Waals surface area contributed by atoms with Gasteiger partial charge in [0.05, 0.1) is 16.6 Å². The lowest BCUT2D eigenvalue weighted by Crippen LogP contribution is -2.38. The number of aryl methyl sites for hydroxylation is 1. The molecule has 2 aliphatic rings. The van der Waals surface area contributed by atoms with E-state index in [1.54, 1.807) is 4.90 Å². The maximum atomic E-state index is 13.0. The maximum Gasteiger partial charge on any atom is 0.416 e. The van der Waals surface area contributed by atoms with Gasteiger partial charge in [0.15, 0.2) is 0 Å². The molecule has 1 aliphatic heterocycles. The Morgan fingerprint density at radius 3 is 2.55 bits per heavy atom. The molecule has 1 saturated heterocycles. The van der Waals surface area contributed by atoms with Gasteiger partial charge in [-0.2, -0.15) is 13.2 Å². The van der Waals surface area contributed by atoms with Crippen molar-refractivity contribution < 1.29 is 28.0 Å². The number of halogens is 3. The van der Waals surface area contributed by atoms with Gasteiger partial charge in [0.25, 0.3) is 5.69 Å². The molecule has 0 spiro atoms. The van der Waals surface area contributed by atoms with Crippen LogP contribution in [0.1, 0.15) is 36.0 Å². The summed E-state index contributed by atoms with van der Waals surface area (Å²) in [5, 5.41) is 24.4. The first-order valence-electron chi connectivity index (χ1n) is 10.8. The van der Waals surface area contributed by atoms with Gasteiger partial charge in [-0.3, -0.25) is 14.9 Å². The molecule has 2 N–H and O–H groups in total. The van der Waals surface area contributed by atoms with E-state index in [0.29, 0.717) is 50.5 Å². The number of alkyl halides is 3.